The third-order valence-electron chi connectivity index (χ3n) is 3.07. The maximum Gasteiger partial charge on any atom is 0.490 e. The highest BCUT2D eigenvalue weighted by atomic mass is 19.4. The fourth-order valence-corrected chi connectivity index (χ4v) is 1.72. The van der Waals surface area contributed by atoms with Crippen LogP contribution in [-0.4, -0.2) is 80.2 Å². The molecule has 0 bridgehead atoms. The van der Waals surface area contributed by atoms with Gasteiger partial charge in [0, 0.05) is 33.2 Å². The van der Waals surface area contributed by atoms with E-state index in [4.69, 9.17) is 14.6 Å². The molecule has 1 heterocycles. The van der Waals surface area contributed by atoms with E-state index in [9.17, 15) is 18.0 Å². The Balaban J connectivity index is 0.000000585. The molecular weight excluding hydrogens is 319 g/mol. The van der Waals surface area contributed by atoms with Gasteiger partial charge in [-0.3, -0.25) is 4.90 Å². The number of ether oxygens (including phenoxy) is 1. The molecule has 23 heavy (non-hydrogen) atoms. The number of likely N-dealkylation sites (N-methyl/N-ethyl adjacent to an activating group) is 2. The predicted molar refractivity (Wildman–Crippen MR) is 77.0 cm³/mol. The predicted octanol–water partition coefficient (Wildman–Crippen LogP) is 1.35. The third-order valence-corrected chi connectivity index (χ3v) is 3.07. The van der Waals surface area contributed by atoms with Gasteiger partial charge >= 0.3 is 18.2 Å². The van der Waals surface area contributed by atoms with E-state index >= 15 is 0 Å². The van der Waals surface area contributed by atoms with Crippen LogP contribution in [0.4, 0.5) is 18.0 Å². The van der Waals surface area contributed by atoms with Crippen LogP contribution in [0.25, 0.3) is 0 Å². The van der Waals surface area contributed by atoms with E-state index in [-0.39, 0.29) is 6.09 Å². The number of halogens is 3. The monoisotopic (exact) mass is 343 g/mol. The standard InChI is InChI=1S/C11H23N3O2.C2HF3O2/c1-12-6-9-13(2)11(15)16-10-14-7-4-3-5-8-14;3-2(4,5)1(6)7/h12H,3-10H2,1-2H3;(H,6,7). The zero-order chi connectivity index (χ0) is 17.9. The number of aliphatic carboxylic acids is 1. The van der Waals surface area contributed by atoms with Gasteiger partial charge in [0.15, 0.2) is 0 Å². The average Bonchev–Trinajstić information content (AvgIpc) is 2.50. The molecule has 0 unspecified atom stereocenters. The van der Waals surface area contributed by atoms with Crippen LogP contribution in [0, 0.1) is 0 Å². The van der Waals surface area contributed by atoms with Crippen molar-refractivity contribution in [2.75, 3.05) is 47.0 Å². The Hall–Kier alpha value is -1.55. The fraction of sp³-hybridized carbons (Fsp3) is 0.846. The maximum atomic E-state index is 11.5. The summed E-state index contributed by atoms with van der Waals surface area (Å²) in [4.78, 5) is 24.2. The molecule has 0 atom stereocenters. The number of hydrogen-bond donors (Lipinski definition) is 2. The summed E-state index contributed by atoms with van der Waals surface area (Å²) in [5.74, 6) is -2.76. The summed E-state index contributed by atoms with van der Waals surface area (Å²) in [6.45, 7) is 3.99. The highest BCUT2D eigenvalue weighted by Gasteiger charge is 2.38. The SMILES string of the molecule is CNCCN(C)C(=O)OCN1CCCCC1.O=C(O)C(F)(F)F. The second kappa shape index (κ2) is 11.1. The van der Waals surface area contributed by atoms with Gasteiger partial charge in [0.1, 0.15) is 6.73 Å². The lowest BCUT2D eigenvalue weighted by Crippen LogP contribution is -2.38. The van der Waals surface area contributed by atoms with Gasteiger partial charge in [-0.05, 0) is 19.9 Å². The molecule has 0 aromatic carbocycles. The lowest BCUT2D eigenvalue weighted by Gasteiger charge is -2.26. The average molecular weight is 343 g/mol. The van der Waals surface area contributed by atoms with Gasteiger partial charge in [-0.1, -0.05) is 6.42 Å². The first kappa shape index (κ1) is 21.4. The zero-order valence-corrected chi connectivity index (χ0v) is 13.4. The van der Waals surface area contributed by atoms with Gasteiger partial charge in [0.25, 0.3) is 0 Å². The van der Waals surface area contributed by atoms with E-state index < -0.39 is 12.1 Å². The molecular formula is C13H24F3N3O4. The van der Waals surface area contributed by atoms with Crippen LogP contribution in [0.2, 0.25) is 0 Å². The van der Waals surface area contributed by atoms with Crippen LogP contribution < -0.4 is 5.32 Å². The number of carboxylic acids is 1. The summed E-state index contributed by atoms with van der Waals surface area (Å²) < 4.78 is 37.0. The second-order valence-electron chi connectivity index (χ2n) is 5.05. The number of rotatable bonds is 5. The van der Waals surface area contributed by atoms with Crippen molar-refractivity contribution in [3.63, 3.8) is 0 Å². The highest BCUT2D eigenvalue weighted by molar-refractivity contribution is 5.73. The molecule has 1 aliphatic heterocycles. The molecule has 1 amide bonds. The van der Waals surface area contributed by atoms with Crippen molar-refractivity contribution in [1.82, 2.24) is 15.1 Å². The number of hydrogen-bond acceptors (Lipinski definition) is 5. The van der Waals surface area contributed by atoms with Crippen LogP contribution in [0.5, 0.6) is 0 Å². The maximum absolute atomic E-state index is 11.5. The number of nitrogens with zero attached hydrogens (tertiary/aromatic N) is 2. The van der Waals surface area contributed by atoms with Gasteiger partial charge in [-0.2, -0.15) is 13.2 Å². The normalized spacial score (nSPS) is 15.3. The van der Waals surface area contributed by atoms with Gasteiger partial charge in [0.2, 0.25) is 0 Å². The smallest absolute Gasteiger partial charge is 0.475 e. The van der Waals surface area contributed by atoms with Crippen molar-refractivity contribution >= 4 is 12.1 Å². The molecule has 136 valence electrons. The third kappa shape index (κ3) is 10.7. The Morgan fingerprint density at radius 2 is 1.78 bits per heavy atom. The Morgan fingerprint density at radius 3 is 2.22 bits per heavy atom. The lowest BCUT2D eigenvalue weighted by molar-refractivity contribution is -0.192. The van der Waals surface area contributed by atoms with Crippen LogP contribution in [-0.2, 0) is 9.53 Å². The topological polar surface area (TPSA) is 82.1 Å². The van der Waals surface area contributed by atoms with Crippen molar-refractivity contribution in [3.05, 3.63) is 0 Å². The minimum atomic E-state index is -5.08. The van der Waals surface area contributed by atoms with E-state index in [1.54, 1.807) is 11.9 Å². The number of carbonyl (C=O) groups is 2. The van der Waals surface area contributed by atoms with Crippen LogP contribution >= 0.6 is 0 Å². The van der Waals surface area contributed by atoms with E-state index in [2.05, 4.69) is 10.2 Å². The molecule has 0 saturated carbocycles. The summed E-state index contributed by atoms with van der Waals surface area (Å²) in [5, 5.41) is 10.1. The highest BCUT2D eigenvalue weighted by Crippen LogP contribution is 2.13. The summed E-state index contributed by atoms with van der Waals surface area (Å²) in [7, 11) is 3.63. The van der Waals surface area contributed by atoms with Crippen molar-refractivity contribution in [2.45, 2.75) is 25.4 Å². The first-order chi connectivity index (χ1) is 10.7. The number of nitrogens with one attached hydrogen (secondary N) is 1. The minimum Gasteiger partial charge on any atom is -0.475 e. The molecule has 10 heteroatoms. The van der Waals surface area contributed by atoms with Gasteiger partial charge in [0.05, 0.1) is 0 Å². The summed E-state index contributed by atoms with van der Waals surface area (Å²) >= 11 is 0. The Labute approximate surface area is 133 Å². The molecule has 0 aromatic rings. The Bertz CT molecular complexity index is 361. The van der Waals surface area contributed by atoms with E-state index in [0.717, 1.165) is 19.6 Å². The summed E-state index contributed by atoms with van der Waals surface area (Å²) in [5.41, 5.74) is 0. The molecule has 0 radical (unpaired) electrons. The molecule has 1 fully saturated rings. The van der Waals surface area contributed by atoms with Crippen LogP contribution in [0.1, 0.15) is 19.3 Å². The molecule has 0 aromatic heterocycles. The second-order valence-corrected chi connectivity index (χ2v) is 5.05. The number of piperidine rings is 1. The van der Waals surface area contributed by atoms with Crippen molar-refractivity contribution in [1.29, 1.82) is 0 Å². The number of carbonyl (C=O) groups excluding carboxylic acids is 1. The molecule has 1 aliphatic rings. The number of amides is 1. The molecule has 1 rings (SSSR count). The summed E-state index contributed by atoms with van der Waals surface area (Å²) in [6.07, 6.45) is -1.59. The zero-order valence-electron chi connectivity index (χ0n) is 13.4. The van der Waals surface area contributed by atoms with Crippen LogP contribution in [0.15, 0.2) is 0 Å². The first-order valence-electron chi connectivity index (χ1n) is 7.23. The molecule has 2 N–H and O–H groups in total. The largest absolute Gasteiger partial charge is 0.490 e. The molecule has 7 nitrogen and oxygen atoms in total. The van der Waals surface area contributed by atoms with Gasteiger partial charge in [-0.25, -0.2) is 9.59 Å². The van der Waals surface area contributed by atoms with Gasteiger partial charge < -0.3 is 20.1 Å². The van der Waals surface area contributed by atoms with E-state index in [0.29, 0.717) is 13.3 Å². The van der Waals surface area contributed by atoms with Crippen molar-refractivity contribution < 1.29 is 32.6 Å². The molecule has 0 spiro atoms. The molecule has 0 aliphatic carbocycles. The Morgan fingerprint density at radius 1 is 1.26 bits per heavy atom. The summed E-state index contributed by atoms with van der Waals surface area (Å²) in [6, 6.07) is 0. The number of likely N-dealkylation sites (tertiary alicyclic amines) is 1. The van der Waals surface area contributed by atoms with Crippen molar-refractivity contribution in [2.24, 2.45) is 0 Å². The fourth-order valence-electron chi connectivity index (χ4n) is 1.72. The number of alkyl halides is 3. The first-order valence-corrected chi connectivity index (χ1v) is 7.23. The van der Waals surface area contributed by atoms with E-state index in [1.807, 2.05) is 7.05 Å². The number of carboxylic acid groups (broad SMARTS) is 1. The lowest BCUT2D eigenvalue weighted by atomic mass is 10.1. The quantitative estimate of drug-likeness (QED) is 0.784. The van der Waals surface area contributed by atoms with Crippen molar-refractivity contribution in [3.8, 4) is 0 Å². The van der Waals surface area contributed by atoms with E-state index in [1.165, 1.54) is 19.3 Å². The van der Waals surface area contributed by atoms with Gasteiger partial charge in [-0.15, -0.1) is 0 Å². The molecule has 1 saturated heterocycles. The van der Waals surface area contributed by atoms with Crippen LogP contribution in [0.3, 0.4) is 0 Å². The minimum absolute atomic E-state index is 0.235. The Kier molecular flexibility index (Phi) is 10.3.